The number of carbonyl (C=O) groups is 1. The molecule has 0 saturated heterocycles. The van der Waals surface area contributed by atoms with Crippen molar-refractivity contribution < 1.29 is 4.79 Å². The zero-order chi connectivity index (χ0) is 12.4. The molecule has 0 saturated carbocycles. The Kier molecular flexibility index (Phi) is 3.13. The number of aryl methyl sites for hydroxylation is 2. The number of aromatic nitrogens is 2. The molecule has 2 heterocycles. The molecule has 0 aromatic carbocycles. The van der Waals surface area contributed by atoms with Crippen LogP contribution < -0.4 is 5.32 Å². The molecule has 90 valence electrons. The summed E-state index contributed by atoms with van der Waals surface area (Å²) in [5.41, 5.74) is 2.50. The summed E-state index contributed by atoms with van der Waals surface area (Å²) in [6, 6.07) is 5.92. The molecule has 0 aliphatic carbocycles. The molecule has 1 amide bonds. The number of imidazole rings is 1. The second-order valence-corrected chi connectivity index (χ2v) is 4.09. The van der Waals surface area contributed by atoms with E-state index in [9.17, 15) is 4.79 Å². The number of nitrogens with zero attached hydrogens (tertiary/aromatic N) is 2. The minimum absolute atomic E-state index is 0.129. The summed E-state index contributed by atoms with van der Waals surface area (Å²) in [6.07, 6.45) is 1.89. The third-order valence-electron chi connectivity index (χ3n) is 2.84. The quantitative estimate of drug-likeness (QED) is 0.877. The highest BCUT2D eigenvalue weighted by Gasteiger charge is 2.16. The third kappa shape index (κ3) is 1.90. The molecule has 4 nitrogen and oxygen atoms in total. The number of hydrogen-bond donors (Lipinski definition) is 1. The van der Waals surface area contributed by atoms with Gasteiger partial charge >= 0.3 is 0 Å². The van der Waals surface area contributed by atoms with Gasteiger partial charge in [-0.1, -0.05) is 13.0 Å². The summed E-state index contributed by atoms with van der Waals surface area (Å²) in [6.45, 7) is 4.14. The van der Waals surface area contributed by atoms with E-state index in [1.807, 2.05) is 25.1 Å². The SMILES string of the molecule is CCCc1nc(C(=O)NC)c2cccc(C)n12. The van der Waals surface area contributed by atoms with Gasteiger partial charge in [0.25, 0.3) is 5.91 Å². The van der Waals surface area contributed by atoms with Crippen molar-refractivity contribution in [2.75, 3.05) is 7.05 Å². The van der Waals surface area contributed by atoms with E-state index in [4.69, 9.17) is 0 Å². The lowest BCUT2D eigenvalue weighted by molar-refractivity contribution is 0.0960. The molecule has 2 rings (SSSR count). The average molecular weight is 231 g/mol. The van der Waals surface area contributed by atoms with E-state index in [1.165, 1.54) is 0 Å². The van der Waals surface area contributed by atoms with E-state index in [0.717, 1.165) is 29.9 Å². The first-order valence-electron chi connectivity index (χ1n) is 5.88. The minimum Gasteiger partial charge on any atom is -0.354 e. The summed E-state index contributed by atoms with van der Waals surface area (Å²) in [5, 5.41) is 2.63. The van der Waals surface area contributed by atoms with E-state index in [0.29, 0.717) is 5.69 Å². The van der Waals surface area contributed by atoms with E-state index in [-0.39, 0.29) is 5.91 Å². The fraction of sp³-hybridized carbons (Fsp3) is 0.385. The summed E-state index contributed by atoms with van der Waals surface area (Å²) in [5.74, 6) is 0.828. The van der Waals surface area contributed by atoms with Crippen LogP contribution in [0.4, 0.5) is 0 Å². The van der Waals surface area contributed by atoms with Crippen LogP contribution in [0.2, 0.25) is 0 Å². The predicted molar refractivity (Wildman–Crippen MR) is 67.3 cm³/mol. The number of fused-ring (bicyclic) bond motifs is 1. The van der Waals surface area contributed by atoms with Crippen molar-refractivity contribution in [2.24, 2.45) is 0 Å². The lowest BCUT2D eigenvalue weighted by atomic mass is 10.3. The van der Waals surface area contributed by atoms with Gasteiger partial charge in [0.05, 0.1) is 5.52 Å². The summed E-state index contributed by atoms with van der Waals surface area (Å²) in [7, 11) is 1.63. The second kappa shape index (κ2) is 4.57. The van der Waals surface area contributed by atoms with Crippen molar-refractivity contribution in [3.05, 3.63) is 35.4 Å². The van der Waals surface area contributed by atoms with Crippen molar-refractivity contribution in [2.45, 2.75) is 26.7 Å². The van der Waals surface area contributed by atoms with Gasteiger partial charge in [-0.15, -0.1) is 0 Å². The first-order valence-corrected chi connectivity index (χ1v) is 5.88. The standard InChI is InChI=1S/C13H17N3O/c1-4-6-11-15-12(13(17)14-3)10-8-5-7-9(2)16(10)11/h5,7-8H,4,6H2,1-3H3,(H,14,17). The Hall–Kier alpha value is -1.84. The number of hydrogen-bond acceptors (Lipinski definition) is 2. The molecule has 0 unspecified atom stereocenters. The lowest BCUT2D eigenvalue weighted by Crippen LogP contribution is -2.18. The molecule has 2 aromatic heterocycles. The van der Waals surface area contributed by atoms with Crippen LogP contribution in [-0.4, -0.2) is 22.3 Å². The van der Waals surface area contributed by atoms with Gasteiger partial charge in [-0.2, -0.15) is 0 Å². The molecular weight excluding hydrogens is 214 g/mol. The maximum atomic E-state index is 11.8. The summed E-state index contributed by atoms with van der Waals surface area (Å²) >= 11 is 0. The van der Waals surface area contributed by atoms with Crippen molar-refractivity contribution in [1.29, 1.82) is 0 Å². The number of pyridine rings is 1. The van der Waals surface area contributed by atoms with Crippen LogP contribution in [0.3, 0.4) is 0 Å². The number of amides is 1. The number of rotatable bonds is 3. The third-order valence-corrected chi connectivity index (χ3v) is 2.84. The van der Waals surface area contributed by atoms with Crippen molar-refractivity contribution >= 4 is 11.4 Å². The molecule has 0 fully saturated rings. The van der Waals surface area contributed by atoms with Crippen LogP contribution in [-0.2, 0) is 6.42 Å². The van der Waals surface area contributed by atoms with Gasteiger partial charge in [-0.3, -0.25) is 4.79 Å². The average Bonchev–Trinajstić information content (AvgIpc) is 2.69. The molecule has 2 aromatic rings. The molecule has 0 spiro atoms. The van der Waals surface area contributed by atoms with Gasteiger partial charge in [-0.25, -0.2) is 4.98 Å². The molecule has 0 aliphatic heterocycles. The van der Waals surface area contributed by atoms with Gasteiger partial charge in [-0.05, 0) is 25.5 Å². The van der Waals surface area contributed by atoms with E-state index >= 15 is 0 Å². The number of carbonyl (C=O) groups excluding carboxylic acids is 1. The zero-order valence-corrected chi connectivity index (χ0v) is 10.4. The first kappa shape index (κ1) is 11.6. The molecule has 0 atom stereocenters. The van der Waals surface area contributed by atoms with Crippen molar-refractivity contribution in [1.82, 2.24) is 14.7 Å². The normalized spacial score (nSPS) is 10.8. The first-order chi connectivity index (χ1) is 8.19. The molecule has 1 N–H and O–H groups in total. The van der Waals surface area contributed by atoms with Crippen LogP contribution in [0, 0.1) is 6.92 Å². The largest absolute Gasteiger partial charge is 0.354 e. The summed E-state index contributed by atoms with van der Waals surface area (Å²) < 4.78 is 2.06. The fourth-order valence-corrected chi connectivity index (χ4v) is 2.06. The van der Waals surface area contributed by atoms with Crippen LogP contribution in [0.25, 0.3) is 5.52 Å². The molecule has 17 heavy (non-hydrogen) atoms. The Morgan fingerprint density at radius 1 is 1.47 bits per heavy atom. The van der Waals surface area contributed by atoms with Crippen LogP contribution in [0.1, 0.15) is 35.4 Å². The Morgan fingerprint density at radius 3 is 2.88 bits per heavy atom. The second-order valence-electron chi connectivity index (χ2n) is 4.09. The molecule has 0 radical (unpaired) electrons. The van der Waals surface area contributed by atoms with E-state index in [1.54, 1.807) is 7.05 Å². The van der Waals surface area contributed by atoms with Crippen LogP contribution >= 0.6 is 0 Å². The zero-order valence-electron chi connectivity index (χ0n) is 10.4. The van der Waals surface area contributed by atoms with Crippen LogP contribution in [0.15, 0.2) is 18.2 Å². The highest BCUT2D eigenvalue weighted by molar-refractivity contribution is 5.99. The number of nitrogens with one attached hydrogen (secondary N) is 1. The Bertz CT molecular complexity index is 557. The maximum Gasteiger partial charge on any atom is 0.271 e. The maximum absolute atomic E-state index is 11.8. The van der Waals surface area contributed by atoms with Gasteiger partial charge in [0.1, 0.15) is 5.82 Å². The molecule has 0 bridgehead atoms. The Balaban J connectivity index is 2.70. The molecular formula is C13H17N3O. The monoisotopic (exact) mass is 231 g/mol. The van der Waals surface area contributed by atoms with E-state index < -0.39 is 0 Å². The van der Waals surface area contributed by atoms with Crippen LogP contribution in [0.5, 0.6) is 0 Å². The topological polar surface area (TPSA) is 46.4 Å². The van der Waals surface area contributed by atoms with Gasteiger partial charge in [0.15, 0.2) is 5.69 Å². The Labute approximate surface area is 101 Å². The van der Waals surface area contributed by atoms with Gasteiger partial charge in [0.2, 0.25) is 0 Å². The van der Waals surface area contributed by atoms with Crippen molar-refractivity contribution in [3.63, 3.8) is 0 Å². The highest BCUT2D eigenvalue weighted by atomic mass is 16.1. The smallest absolute Gasteiger partial charge is 0.271 e. The Morgan fingerprint density at radius 2 is 2.24 bits per heavy atom. The van der Waals surface area contributed by atoms with E-state index in [2.05, 4.69) is 21.6 Å². The van der Waals surface area contributed by atoms with Gasteiger partial charge in [0, 0.05) is 19.2 Å². The lowest BCUT2D eigenvalue weighted by Gasteiger charge is -2.03. The fourth-order valence-electron chi connectivity index (χ4n) is 2.06. The summed E-state index contributed by atoms with van der Waals surface area (Å²) in [4.78, 5) is 16.2. The van der Waals surface area contributed by atoms with Gasteiger partial charge < -0.3 is 9.72 Å². The molecule has 0 aliphatic rings. The molecule has 4 heteroatoms. The van der Waals surface area contributed by atoms with Crippen molar-refractivity contribution in [3.8, 4) is 0 Å². The minimum atomic E-state index is -0.129. The highest BCUT2D eigenvalue weighted by Crippen LogP contribution is 2.16. The predicted octanol–water partition coefficient (Wildman–Crippen LogP) is 1.95.